The van der Waals surface area contributed by atoms with E-state index in [4.69, 9.17) is 9.26 Å². The zero-order valence-electron chi connectivity index (χ0n) is 10.2. The van der Waals surface area contributed by atoms with E-state index in [9.17, 15) is 5.11 Å². The minimum absolute atomic E-state index is 0.224. The van der Waals surface area contributed by atoms with Crippen LogP contribution >= 0.6 is 22.6 Å². The monoisotopic (exact) mass is 372 g/mol. The summed E-state index contributed by atoms with van der Waals surface area (Å²) in [6.07, 6.45) is 1.83. The van der Waals surface area contributed by atoms with E-state index in [1.807, 2.05) is 12.1 Å². The van der Waals surface area contributed by atoms with Gasteiger partial charge in [0.25, 0.3) is 5.89 Å². The highest BCUT2D eigenvalue weighted by molar-refractivity contribution is 14.1. The first-order valence-electron chi connectivity index (χ1n) is 6.11. The topological polar surface area (TPSA) is 68.4 Å². The Balaban J connectivity index is 1.78. The van der Waals surface area contributed by atoms with Crippen molar-refractivity contribution in [3.05, 3.63) is 27.6 Å². The quantitative estimate of drug-likeness (QED) is 0.840. The molecule has 3 rings (SSSR count). The molecule has 100 valence electrons. The Morgan fingerprint density at radius 3 is 3.05 bits per heavy atom. The van der Waals surface area contributed by atoms with Crippen molar-refractivity contribution in [3.63, 3.8) is 0 Å². The van der Waals surface area contributed by atoms with E-state index >= 15 is 0 Å². The summed E-state index contributed by atoms with van der Waals surface area (Å²) in [5.41, 5.74) is 0.735. The fourth-order valence-electron chi connectivity index (χ4n) is 2.10. The van der Waals surface area contributed by atoms with Gasteiger partial charge in [-0.15, -0.1) is 0 Å². The molecule has 1 aromatic carbocycles. The number of aromatic hydroxyl groups is 1. The number of aromatic nitrogens is 2. The van der Waals surface area contributed by atoms with Gasteiger partial charge in [0.1, 0.15) is 5.75 Å². The van der Waals surface area contributed by atoms with Gasteiger partial charge in [0.05, 0.1) is 3.57 Å². The highest BCUT2D eigenvalue weighted by atomic mass is 127. The maximum Gasteiger partial charge on any atom is 0.258 e. The molecule has 0 aliphatic carbocycles. The molecule has 1 aliphatic rings. The number of rotatable bonds is 3. The molecule has 0 amide bonds. The lowest BCUT2D eigenvalue weighted by atomic mass is 10.1. The van der Waals surface area contributed by atoms with Gasteiger partial charge in [-0.05, 0) is 53.1 Å². The fourth-order valence-corrected chi connectivity index (χ4v) is 2.44. The Hall–Kier alpha value is -1.15. The number of benzene rings is 1. The van der Waals surface area contributed by atoms with Crippen LogP contribution in [0.25, 0.3) is 11.5 Å². The standard InChI is InChI=1S/C13H13IN2O3/c14-10-2-1-9(6-11(10)17)13-15-12(16-19-13)5-8-3-4-18-7-8/h1-2,6,8,17H,3-5,7H2. The molecule has 0 bridgehead atoms. The minimum atomic E-state index is 0.224. The Labute approximate surface area is 124 Å². The van der Waals surface area contributed by atoms with E-state index in [-0.39, 0.29) is 5.75 Å². The van der Waals surface area contributed by atoms with Crippen molar-refractivity contribution >= 4 is 22.6 Å². The van der Waals surface area contributed by atoms with Crippen LogP contribution in [-0.2, 0) is 11.2 Å². The van der Waals surface area contributed by atoms with Gasteiger partial charge in [-0.3, -0.25) is 0 Å². The maximum absolute atomic E-state index is 9.68. The molecule has 0 radical (unpaired) electrons. The van der Waals surface area contributed by atoms with Crippen molar-refractivity contribution in [1.29, 1.82) is 0 Å². The predicted octanol–water partition coefficient (Wildman–Crippen LogP) is 2.63. The lowest BCUT2D eigenvalue weighted by Crippen LogP contribution is -2.04. The van der Waals surface area contributed by atoms with Gasteiger partial charge in [-0.25, -0.2) is 0 Å². The number of halogens is 1. The van der Waals surface area contributed by atoms with Gasteiger partial charge in [0, 0.05) is 25.2 Å². The number of nitrogens with zero attached hydrogens (tertiary/aromatic N) is 2. The Morgan fingerprint density at radius 2 is 2.32 bits per heavy atom. The molecule has 19 heavy (non-hydrogen) atoms. The zero-order chi connectivity index (χ0) is 13.2. The average Bonchev–Trinajstić information content (AvgIpc) is 3.05. The van der Waals surface area contributed by atoms with Crippen LogP contribution in [0.2, 0.25) is 0 Å². The van der Waals surface area contributed by atoms with Crippen LogP contribution in [0.15, 0.2) is 22.7 Å². The SMILES string of the molecule is Oc1cc(-c2nc(CC3CCOC3)no2)ccc1I. The lowest BCUT2D eigenvalue weighted by molar-refractivity contribution is 0.185. The second kappa shape index (κ2) is 5.46. The average molecular weight is 372 g/mol. The molecular weight excluding hydrogens is 359 g/mol. The highest BCUT2D eigenvalue weighted by Crippen LogP contribution is 2.27. The van der Waals surface area contributed by atoms with Crippen LogP contribution in [0.4, 0.5) is 0 Å². The summed E-state index contributed by atoms with van der Waals surface area (Å²) in [4.78, 5) is 4.37. The molecule has 6 heteroatoms. The Bertz CT molecular complexity index is 579. The molecule has 1 unspecified atom stereocenters. The Morgan fingerprint density at radius 1 is 1.42 bits per heavy atom. The van der Waals surface area contributed by atoms with Gasteiger partial charge < -0.3 is 14.4 Å². The largest absolute Gasteiger partial charge is 0.507 e. The predicted molar refractivity (Wildman–Crippen MR) is 76.7 cm³/mol. The summed E-state index contributed by atoms with van der Waals surface area (Å²) in [5, 5.41) is 13.7. The van der Waals surface area contributed by atoms with E-state index in [0.29, 0.717) is 17.6 Å². The Kier molecular flexibility index (Phi) is 3.69. The van der Waals surface area contributed by atoms with Crippen molar-refractivity contribution in [1.82, 2.24) is 10.1 Å². The summed E-state index contributed by atoms with van der Waals surface area (Å²) in [5.74, 6) is 1.85. The molecule has 2 heterocycles. The van der Waals surface area contributed by atoms with Crippen LogP contribution in [0, 0.1) is 9.49 Å². The normalized spacial score (nSPS) is 18.9. The zero-order valence-corrected chi connectivity index (χ0v) is 12.3. The summed E-state index contributed by atoms with van der Waals surface area (Å²) < 4.78 is 11.4. The highest BCUT2D eigenvalue weighted by Gasteiger charge is 2.19. The summed E-state index contributed by atoms with van der Waals surface area (Å²) >= 11 is 2.07. The number of ether oxygens (including phenoxy) is 1. The van der Waals surface area contributed by atoms with Crippen molar-refractivity contribution in [2.45, 2.75) is 12.8 Å². The van der Waals surface area contributed by atoms with Crippen molar-refractivity contribution in [3.8, 4) is 17.2 Å². The molecule has 1 aromatic heterocycles. The number of hydrogen-bond donors (Lipinski definition) is 1. The first-order valence-corrected chi connectivity index (χ1v) is 7.19. The molecule has 5 nitrogen and oxygen atoms in total. The summed E-state index contributed by atoms with van der Waals surface area (Å²) in [7, 11) is 0. The van der Waals surface area contributed by atoms with Crippen LogP contribution in [-0.4, -0.2) is 28.5 Å². The van der Waals surface area contributed by atoms with Gasteiger partial charge in [-0.2, -0.15) is 4.98 Å². The van der Waals surface area contributed by atoms with E-state index in [1.165, 1.54) is 0 Å². The first kappa shape index (κ1) is 12.9. The number of phenolic OH excluding ortho intramolecular Hbond substituents is 1. The van der Waals surface area contributed by atoms with Gasteiger partial charge in [-0.1, -0.05) is 5.16 Å². The molecular formula is C13H13IN2O3. The van der Waals surface area contributed by atoms with Crippen LogP contribution < -0.4 is 0 Å². The maximum atomic E-state index is 9.68. The van der Waals surface area contributed by atoms with Gasteiger partial charge in [0.2, 0.25) is 0 Å². The van der Waals surface area contributed by atoms with E-state index in [0.717, 1.165) is 35.2 Å². The second-order valence-electron chi connectivity index (χ2n) is 4.62. The molecule has 1 fully saturated rings. The summed E-state index contributed by atoms with van der Waals surface area (Å²) in [6.45, 7) is 1.59. The molecule has 2 aromatic rings. The van der Waals surface area contributed by atoms with Crippen molar-refractivity contribution in [2.75, 3.05) is 13.2 Å². The lowest BCUT2D eigenvalue weighted by Gasteiger charge is -2.01. The first-order chi connectivity index (χ1) is 9.22. The third kappa shape index (κ3) is 2.89. The minimum Gasteiger partial charge on any atom is -0.507 e. The molecule has 1 aliphatic heterocycles. The smallest absolute Gasteiger partial charge is 0.258 e. The van der Waals surface area contributed by atoms with E-state index in [2.05, 4.69) is 32.7 Å². The molecule has 1 N–H and O–H groups in total. The van der Waals surface area contributed by atoms with Gasteiger partial charge in [0.15, 0.2) is 5.82 Å². The third-order valence-corrected chi connectivity index (χ3v) is 4.07. The van der Waals surface area contributed by atoms with Gasteiger partial charge >= 0.3 is 0 Å². The van der Waals surface area contributed by atoms with Crippen molar-refractivity contribution < 1.29 is 14.4 Å². The van der Waals surface area contributed by atoms with Crippen LogP contribution in [0.5, 0.6) is 5.75 Å². The summed E-state index contributed by atoms with van der Waals surface area (Å²) in [6, 6.07) is 5.31. The third-order valence-electron chi connectivity index (χ3n) is 3.16. The molecule has 1 saturated heterocycles. The fraction of sp³-hybridized carbons (Fsp3) is 0.385. The molecule has 0 saturated carbocycles. The molecule has 0 spiro atoms. The second-order valence-corrected chi connectivity index (χ2v) is 5.78. The van der Waals surface area contributed by atoms with Crippen molar-refractivity contribution in [2.24, 2.45) is 5.92 Å². The van der Waals surface area contributed by atoms with Crippen LogP contribution in [0.3, 0.4) is 0 Å². The number of phenols is 1. The molecule has 1 atom stereocenters. The number of hydrogen-bond acceptors (Lipinski definition) is 5. The van der Waals surface area contributed by atoms with E-state index < -0.39 is 0 Å². The van der Waals surface area contributed by atoms with Crippen LogP contribution in [0.1, 0.15) is 12.2 Å². The van der Waals surface area contributed by atoms with E-state index in [1.54, 1.807) is 6.07 Å².